The van der Waals surface area contributed by atoms with Crippen LogP contribution in [-0.4, -0.2) is 17.3 Å². The molecule has 0 spiro atoms. The molecule has 0 saturated carbocycles. The van der Waals surface area contributed by atoms with Gasteiger partial charge in [-0.3, -0.25) is 9.78 Å². The van der Waals surface area contributed by atoms with Gasteiger partial charge in [0.15, 0.2) is 5.78 Å². The van der Waals surface area contributed by atoms with E-state index in [1.54, 1.807) is 12.4 Å². The van der Waals surface area contributed by atoms with Crippen LogP contribution in [0.5, 0.6) is 0 Å². The third-order valence-electron chi connectivity index (χ3n) is 2.89. The molecule has 3 heteroatoms. The number of aromatic nitrogens is 1. The minimum absolute atomic E-state index is 0.125. The zero-order chi connectivity index (χ0) is 14.7. The van der Waals surface area contributed by atoms with E-state index in [1.165, 1.54) is 0 Å². The zero-order valence-electron chi connectivity index (χ0n) is 13.0. The normalized spacial score (nSPS) is 12.3. The minimum atomic E-state index is -0.369. The molecule has 0 aliphatic heterocycles. The molecule has 0 bridgehead atoms. The van der Waals surface area contributed by atoms with Crippen molar-refractivity contribution in [3.05, 3.63) is 24.0 Å². The molecule has 1 N–H and O–H groups in total. The van der Waals surface area contributed by atoms with Gasteiger partial charge in [-0.15, -0.1) is 0 Å². The number of nitrogens with zero attached hydrogens (tertiary/aromatic N) is 1. The van der Waals surface area contributed by atoms with Crippen molar-refractivity contribution in [1.29, 1.82) is 0 Å². The Kier molecular flexibility index (Phi) is 4.72. The van der Waals surface area contributed by atoms with Crippen LogP contribution < -0.4 is 5.32 Å². The largest absolute Gasteiger partial charge is 0.384 e. The Labute approximate surface area is 116 Å². The third kappa shape index (κ3) is 5.41. The van der Waals surface area contributed by atoms with Crippen LogP contribution in [0.4, 0.5) is 5.69 Å². The fourth-order valence-corrected chi connectivity index (χ4v) is 1.68. The highest BCUT2D eigenvalue weighted by Gasteiger charge is 2.23. The molecule has 0 aromatic carbocycles. The third-order valence-corrected chi connectivity index (χ3v) is 2.89. The lowest BCUT2D eigenvalue weighted by atomic mass is 9.87. The van der Waals surface area contributed by atoms with Gasteiger partial charge in [-0.25, -0.2) is 0 Å². The summed E-state index contributed by atoms with van der Waals surface area (Å²) in [4.78, 5) is 16.3. The molecule has 106 valence electrons. The molecule has 19 heavy (non-hydrogen) atoms. The van der Waals surface area contributed by atoms with E-state index in [0.29, 0.717) is 11.0 Å². The number of Topliss-reactive ketones (excluding diaryl/α,β-unsaturated/α-hetero) is 1. The van der Waals surface area contributed by atoms with Gasteiger partial charge in [0.1, 0.15) is 0 Å². The number of carbonyl (C=O) groups is 1. The molecule has 3 nitrogen and oxygen atoms in total. The van der Waals surface area contributed by atoms with E-state index >= 15 is 0 Å². The molecule has 0 saturated heterocycles. The Balaban J connectivity index is 2.70. The van der Waals surface area contributed by atoms with E-state index < -0.39 is 0 Å². The fourth-order valence-electron chi connectivity index (χ4n) is 1.68. The number of hydrogen-bond donors (Lipinski definition) is 1. The number of hydrogen-bond acceptors (Lipinski definition) is 3. The average Bonchev–Trinajstić information content (AvgIpc) is 2.25. The molecule has 0 radical (unpaired) electrons. The first-order valence-corrected chi connectivity index (χ1v) is 6.83. The quantitative estimate of drug-likeness (QED) is 0.828. The number of ketones is 1. The molecule has 1 heterocycles. The summed E-state index contributed by atoms with van der Waals surface area (Å²) < 4.78 is 0. The molecule has 0 fully saturated rings. The van der Waals surface area contributed by atoms with Crippen molar-refractivity contribution >= 4 is 11.5 Å². The van der Waals surface area contributed by atoms with E-state index in [0.717, 1.165) is 18.7 Å². The van der Waals surface area contributed by atoms with Crippen molar-refractivity contribution in [2.45, 2.75) is 48.0 Å². The average molecular weight is 262 g/mol. The molecule has 0 unspecified atom stereocenters. The van der Waals surface area contributed by atoms with Crippen LogP contribution in [0.15, 0.2) is 18.5 Å². The van der Waals surface area contributed by atoms with Crippen molar-refractivity contribution in [1.82, 2.24) is 4.98 Å². The summed E-state index contributed by atoms with van der Waals surface area (Å²) in [5.74, 6) is 0.125. The number of rotatable bonds is 4. The predicted octanol–water partition coefficient (Wildman–Crippen LogP) is 4.16. The highest BCUT2D eigenvalue weighted by Crippen LogP contribution is 2.22. The Hall–Kier alpha value is -1.38. The van der Waals surface area contributed by atoms with Crippen LogP contribution in [0.3, 0.4) is 0 Å². The maximum absolute atomic E-state index is 12.2. The highest BCUT2D eigenvalue weighted by atomic mass is 16.1. The first-order chi connectivity index (χ1) is 8.59. The molecular weight excluding hydrogens is 236 g/mol. The van der Waals surface area contributed by atoms with Crippen molar-refractivity contribution in [2.24, 2.45) is 10.8 Å². The van der Waals surface area contributed by atoms with E-state index in [-0.39, 0.29) is 11.2 Å². The topological polar surface area (TPSA) is 42.0 Å². The van der Waals surface area contributed by atoms with Crippen LogP contribution in [0.1, 0.15) is 58.3 Å². The standard InChI is InChI=1S/C16H26N2O/c1-15(2,3)7-8-18-13-9-12(10-17-11-13)14(19)16(4,5)6/h9-11,18H,7-8H2,1-6H3. The second kappa shape index (κ2) is 5.72. The van der Waals surface area contributed by atoms with Gasteiger partial charge in [-0.2, -0.15) is 0 Å². The van der Waals surface area contributed by atoms with E-state index in [9.17, 15) is 4.79 Å². The lowest BCUT2D eigenvalue weighted by Crippen LogP contribution is -2.20. The van der Waals surface area contributed by atoms with Gasteiger partial charge in [0.2, 0.25) is 0 Å². The summed E-state index contributed by atoms with van der Waals surface area (Å²) in [7, 11) is 0. The van der Waals surface area contributed by atoms with Crippen LogP contribution in [0.25, 0.3) is 0 Å². The fraction of sp³-hybridized carbons (Fsp3) is 0.625. The number of anilines is 1. The molecule has 1 rings (SSSR count). The zero-order valence-corrected chi connectivity index (χ0v) is 13.0. The summed E-state index contributed by atoms with van der Waals surface area (Å²) in [5, 5.41) is 3.33. The Morgan fingerprint density at radius 2 is 1.79 bits per heavy atom. The SMILES string of the molecule is CC(C)(C)CCNc1cncc(C(=O)C(C)(C)C)c1. The number of pyridine rings is 1. The smallest absolute Gasteiger partial charge is 0.169 e. The van der Waals surface area contributed by atoms with Gasteiger partial charge in [-0.1, -0.05) is 41.5 Å². The van der Waals surface area contributed by atoms with E-state index in [4.69, 9.17) is 0 Å². The first-order valence-electron chi connectivity index (χ1n) is 6.83. The summed E-state index contributed by atoms with van der Waals surface area (Å²) in [6, 6.07) is 1.89. The summed E-state index contributed by atoms with van der Waals surface area (Å²) in [6.07, 6.45) is 4.48. The Bertz CT molecular complexity index is 439. The molecule has 1 aromatic heterocycles. The van der Waals surface area contributed by atoms with E-state index in [1.807, 2.05) is 26.8 Å². The van der Waals surface area contributed by atoms with E-state index in [2.05, 4.69) is 31.1 Å². The Morgan fingerprint density at radius 1 is 1.16 bits per heavy atom. The minimum Gasteiger partial charge on any atom is -0.384 e. The van der Waals surface area contributed by atoms with Gasteiger partial charge < -0.3 is 5.32 Å². The molecule has 0 amide bonds. The molecular formula is C16H26N2O. The summed E-state index contributed by atoms with van der Waals surface area (Å²) in [5.41, 5.74) is 1.53. The van der Waals surface area contributed by atoms with Gasteiger partial charge in [0, 0.05) is 29.9 Å². The maximum Gasteiger partial charge on any atom is 0.169 e. The highest BCUT2D eigenvalue weighted by molar-refractivity contribution is 6.00. The monoisotopic (exact) mass is 262 g/mol. The Morgan fingerprint density at radius 3 is 2.32 bits per heavy atom. The number of nitrogens with one attached hydrogen (secondary N) is 1. The second-order valence-electron chi connectivity index (χ2n) is 7.28. The van der Waals surface area contributed by atoms with Crippen molar-refractivity contribution in [3.8, 4) is 0 Å². The van der Waals surface area contributed by atoms with Crippen LogP contribution in [0, 0.1) is 10.8 Å². The van der Waals surface area contributed by atoms with Crippen molar-refractivity contribution in [3.63, 3.8) is 0 Å². The molecule has 0 atom stereocenters. The molecule has 0 aliphatic rings. The van der Waals surface area contributed by atoms with Crippen LogP contribution in [-0.2, 0) is 0 Å². The predicted molar refractivity (Wildman–Crippen MR) is 80.6 cm³/mol. The molecule has 0 aliphatic carbocycles. The lowest BCUT2D eigenvalue weighted by molar-refractivity contribution is 0.0858. The van der Waals surface area contributed by atoms with Crippen molar-refractivity contribution < 1.29 is 4.79 Å². The van der Waals surface area contributed by atoms with Gasteiger partial charge in [0.05, 0.1) is 5.69 Å². The number of carbonyl (C=O) groups excluding carboxylic acids is 1. The second-order valence-corrected chi connectivity index (χ2v) is 7.28. The van der Waals surface area contributed by atoms with Crippen molar-refractivity contribution in [2.75, 3.05) is 11.9 Å². The van der Waals surface area contributed by atoms with Gasteiger partial charge in [0.25, 0.3) is 0 Å². The lowest BCUT2D eigenvalue weighted by Gasteiger charge is -2.19. The maximum atomic E-state index is 12.2. The first kappa shape index (κ1) is 15.7. The van der Waals surface area contributed by atoms with Crippen LogP contribution in [0.2, 0.25) is 0 Å². The van der Waals surface area contributed by atoms with Gasteiger partial charge >= 0.3 is 0 Å². The van der Waals surface area contributed by atoms with Gasteiger partial charge in [-0.05, 0) is 17.9 Å². The summed E-state index contributed by atoms with van der Waals surface area (Å²) >= 11 is 0. The van der Waals surface area contributed by atoms with Crippen LogP contribution >= 0.6 is 0 Å². The molecule has 1 aromatic rings. The summed E-state index contributed by atoms with van der Waals surface area (Å²) in [6.45, 7) is 13.3.